The minimum atomic E-state index is -0.558. The van der Waals surface area contributed by atoms with Gasteiger partial charge in [-0.3, -0.25) is 9.59 Å². The van der Waals surface area contributed by atoms with Crippen molar-refractivity contribution in [1.29, 1.82) is 0 Å². The van der Waals surface area contributed by atoms with Gasteiger partial charge in [0, 0.05) is 28.7 Å². The molecule has 3 N–H and O–H groups in total. The summed E-state index contributed by atoms with van der Waals surface area (Å²) in [4.78, 5) is 27.0. The van der Waals surface area contributed by atoms with Gasteiger partial charge < -0.3 is 16.0 Å². The zero-order valence-electron chi connectivity index (χ0n) is 12.3. The number of carbonyl (C=O) groups excluding carboxylic acids is 2. The van der Waals surface area contributed by atoms with E-state index in [1.165, 1.54) is 10.4 Å². The Morgan fingerprint density at radius 3 is 2.96 bits per heavy atom. The van der Waals surface area contributed by atoms with E-state index in [0.29, 0.717) is 29.4 Å². The average Bonchev–Trinajstić information content (AvgIpc) is 2.99. The van der Waals surface area contributed by atoms with Crippen LogP contribution in [0.1, 0.15) is 20.8 Å². The van der Waals surface area contributed by atoms with Gasteiger partial charge in [-0.1, -0.05) is 11.6 Å². The summed E-state index contributed by atoms with van der Waals surface area (Å²) < 4.78 is 0. The third kappa shape index (κ3) is 3.48. The molecule has 0 saturated heterocycles. The van der Waals surface area contributed by atoms with E-state index in [9.17, 15) is 9.59 Å². The number of anilines is 1. The minimum absolute atomic E-state index is 0.0164. The van der Waals surface area contributed by atoms with Crippen LogP contribution in [0.15, 0.2) is 29.6 Å². The number of carbonyl (C=O) groups is 2. The van der Waals surface area contributed by atoms with Crippen molar-refractivity contribution >= 4 is 40.4 Å². The van der Waals surface area contributed by atoms with E-state index in [1.54, 1.807) is 29.5 Å². The van der Waals surface area contributed by atoms with Crippen molar-refractivity contribution in [1.82, 2.24) is 4.90 Å². The fourth-order valence-corrected chi connectivity index (χ4v) is 3.68. The molecule has 2 heterocycles. The van der Waals surface area contributed by atoms with Crippen molar-refractivity contribution in [3.63, 3.8) is 0 Å². The zero-order valence-corrected chi connectivity index (χ0v) is 13.9. The van der Waals surface area contributed by atoms with Crippen molar-refractivity contribution < 1.29 is 9.59 Å². The van der Waals surface area contributed by atoms with Gasteiger partial charge in [-0.15, -0.1) is 11.3 Å². The molecule has 2 aromatic rings. The first-order valence-electron chi connectivity index (χ1n) is 7.21. The smallest absolute Gasteiger partial charge is 0.250 e. The summed E-state index contributed by atoms with van der Waals surface area (Å²) in [5.74, 6) is -0.574. The van der Waals surface area contributed by atoms with Gasteiger partial charge in [-0.25, -0.2) is 0 Å². The predicted octanol–water partition coefficient (Wildman–Crippen LogP) is 2.50. The number of hydrogen-bond donors (Lipinski definition) is 2. The molecule has 120 valence electrons. The number of amides is 2. The highest BCUT2D eigenvalue weighted by Crippen LogP contribution is 2.24. The molecule has 0 radical (unpaired) electrons. The summed E-state index contributed by atoms with van der Waals surface area (Å²) in [6, 6.07) is 6.81. The molecule has 1 aromatic heterocycles. The molecule has 0 fully saturated rings. The molecule has 0 atom stereocenters. The van der Waals surface area contributed by atoms with Gasteiger partial charge in [0.25, 0.3) is 5.91 Å². The summed E-state index contributed by atoms with van der Waals surface area (Å²) in [6.45, 7) is 1.45. The number of nitrogens with two attached hydrogens (primary N) is 1. The van der Waals surface area contributed by atoms with Gasteiger partial charge in [-0.2, -0.15) is 0 Å². The number of thiophene rings is 1. The van der Waals surface area contributed by atoms with Crippen LogP contribution >= 0.6 is 22.9 Å². The van der Waals surface area contributed by atoms with Gasteiger partial charge in [-0.05, 0) is 41.6 Å². The second-order valence-electron chi connectivity index (χ2n) is 5.34. The van der Waals surface area contributed by atoms with Gasteiger partial charge in [0.15, 0.2) is 0 Å². The summed E-state index contributed by atoms with van der Waals surface area (Å²) in [5, 5.41) is 5.51. The Morgan fingerprint density at radius 2 is 2.17 bits per heavy atom. The second kappa shape index (κ2) is 6.60. The topological polar surface area (TPSA) is 75.4 Å². The lowest BCUT2D eigenvalue weighted by Gasteiger charge is -2.27. The third-order valence-electron chi connectivity index (χ3n) is 3.84. The maximum atomic E-state index is 12.4. The summed E-state index contributed by atoms with van der Waals surface area (Å²) >= 11 is 7.68. The SMILES string of the molecule is NC(=O)c1ccc(Cl)cc1NCC(=O)N1CCc2sccc2C1. The Balaban J connectivity index is 1.66. The third-order valence-corrected chi connectivity index (χ3v) is 5.10. The first kappa shape index (κ1) is 15.8. The predicted molar refractivity (Wildman–Crippen MR) is 91.9 cm³/mol. The molecule has 1 aliphatic heterocycles. The lowest BCUT2D eigenvalue weighted by atomic mass is 10.1. The van der Waals surface area contributed by atoms with E-state index in [1.807, 2.05) is 4.90 Å². The van der Waals surface area contributed by atoms with Crippen LogP contribution in [0.3, 0.4) is 0 Å². The molecule has 1 aliphatic rings. The van der Waals surface area contributed by atoms with Crippen LogP contribution < -0.4 is 11.1 Å². The van der Waals surface area contributed by atoms with Crippen LogP contribution in [-0.4, -0.2) is 29.8 Å². The first-order valence-corrected chi connectivity index (χ1v) is 8.46. The lowest BCUT2D eigenvalue weighted by Crippen LogP contribution is -2.39. The number of benzene rings is 1. The molecule has 0 saturated carbocycles. The lowest BCUT2D eigenvalue weighted by molar-refractivity contribution is -0.130. The van der Waals surface area contributed by atoms with Crippen LogP contribution in [0, 0.1) is 0 Å². The average molecular weight is 350 g/mol. The normalized spacial score (nSPS) is 13.5. The van der Waals surface area contributed by atoms with E-state index in [0.717, 1.165) is 6.42 Å². The molecule has 0 spiro atoms. The molecule has 7 heteroatoms. The first-order chi connectivity index (χ1) is 11.0. The summed E-state index contributed by atoms with van der Waals surface area (Å²) in [7, 11) is 0. The van der Waals surface area contributed by atoms with Gasteiger partial charge in [0.2, 0.25) is 5.91 Å². The number of fused-ring (bicyclic) bond motifs is 1. The quantitative estimate of drug-likeness (QED) is 0.890. The molecule has 3 rings (SSSR count). The molecule has 0 unspecified atom stereocenters. The van der Waals surface area contributed by atoms with Crippen LogP contribution in [0.2, 0.25) is 5.02 Å². The Hall–Kier alpha value is -2.05. The number of rotatable bonds is 4. The van der Waals surface area contributed by atoms with E-state index >= 15 is 0 Å². The standard InChI is InChI=1S/C16H16ClN3O2S/c17-11-1-2-12(16(18)22)13(7-11)19-8-15(21)20-5-3-14-10(9-20)4-6-23-14/h1-2,4,6-7,19H,3,5,8-9H2,(H2,18,22). The zero-order chi connectivity index (χ0) is 16.4. The molecular weight excluding hydrogens is 334 g/mol. The van der Waals surface area contributed by atoms with Crippen LogP contribution in [0.25, 0.3) is 0 Å². The molecule has 23 heavy (non-hydrogen) atoms. The highest BCUT2D eigenvalue weighted by atomic mass is 35.5. The van der Waals surface area contributed by atoms with Crippen molar-refractivity contribution in [2.75, 3.05) is 18.4 Å². The van der Waals surface area contributed by atoms with Gasteiger partial charge in [0.05, 0.1) is 12.1 Å². The maximum Gasteiger partial charge on any atom is 0.250 e. The Kier molecular flexibility index (Phi) is 4.54. The molecular formula is C16H16ClN3O2S. The Morgan fingerprint density at radius 1 is 1.35 bits per heavy atom. The highest BCUT2D eigenvalue weighted by molar-refractivity contribution is 7.10. The molecule has 2 amide bonds. The van der Waals surface area contributed by atoms with E-state index in [2.05, 4.69) is 16.8 Å². The van der Waals surface area contributed by atoms with Gasteiger partial charge in [0.1, 0.15) is 0 Å². The maximum absolute atomic E-state index is 12.4. The van der Waals surface area contributed by atoms with E-state index in [-0.39, 0.29) is 12.5 Å². The van der Waals surface area contributed by atoms with E-state index in [4.69, 9.17) is 17.3 Å². The number of nitrogens with one attached hydrogen (secondary N) is 1. The van der Waals surface area contributed by atoms with Crippen molar-refractivity contribution in [3.05, 3.63) is 50.7 Å². The highest BCUT2D eigenvalue weighted by Gasteiger charge is 2.21. The fraction of sp³-hybridized carbons (Fsp3) is 0.250. The molecule has 0 bridgehead atoms. The minimum Gasteiger partial charge on any atom is -0.375 e. The number of nitrogens with zero attached hydrogens (tertiary/aromatic N) is 1. The fourth-order valence-electron chi connectivity index (χ4n) is 2.62. The molecule has 5 nitrogen and oxygen atoms in total. The summed E-state index contributed by atoms with van der Waals surface area (Å²) in [5.41, 5.74) is 7.36. The van der Waals surface area contributed by atoms with Crippen LogP contribution in [0.4, 0.5) is 5.69 Å². The Labute approximate surface area is 143 Å². The number of primary amides is 1. The number of halogens is 1. The van der Waals surface area contributed by atoms with Crippen LogP contribution in [-0.2, 0) is 17.8 Å². The van der Waals surface area contributed by atoms with Crippen LogP contribution in [0.5, 0.6) is 0 Å². The second-order valence-corrected chi connectivity index (χ2v) is 6.78. The number of hydrogen-bond acceptors (Lipinski definition) is 4. The van der Waals surface area contributed by atoms with E-state index < -0.39 is 5.91 Å². The van der Waals surface area contributed by atoms with Crippen molar-refractivity contribution in [3.8, 4) is 0 Å². The molecule has 0 aliphatic carbocycles. The Bertz CT molecular complexity index is 760. The van der Waals surface area contributed by atoms with Crippen molar-refractivity contribution in [2.45, 2.75) is 13.0 Å². The monoisotopic (exact) mass is 349 g/mol. The van der Waals surface area contributed by atoms with Crippen molar-refractivity contribution in [2.24, 2.45) is 5.73 Å². The largest absolute Gasteiger partial charge is 0.375 e. The van der Waals surface area contributed by atoms with Gasteiger partial charge >= 0.3 is 0 Å². The molecule has 1 aromatic carbocycles. The summed E-state index contributed by atoms with van der Waals surface area (Å²) in [6.07, 6.45) is 0.891.